The van der Waals surface area contributed by atoms with Crippen LogP contribution < -0.4 is 0 Å². The predicted octanol–water partition coefficient (Wildman–Crippen LogP) is 4.72. The molecule has 1 N–H and O–H groups in total. The van der Waals surface area contributed by atoms with Crippen molar-refractivity contribution in [1.29, 1.82) is 0 Å². The number of nitrogens with zero attached hydrogens (tertiary/aromatic N) is 4. The zero-order chi connectivity index (χ0) is 23.3. The minimum absolute atomic E-state index is 0.157. The van der Waals surface area contributed by atoms with Crippen LogP contribution >= 0.6 is 0 Å². The lowest BCUT2D eigenvalue weighted by atomic mass is 9.83. The Balaban J connectivity index is 1.71. The van der Waals surface area contributed by atoms with Crippen molar-refractivity contribution in [2.24, 2.45) is 7.05 Å². The van der Waals surface area contributed by atoms with Gasteiger partial charge in [0.05, 0.1) is 24.1 Å². The zero-order valence-electron chi connectivity index (χ0n) is 18.9. The van der Waals surface area contributed by atoms with E-state index in [1.165, 1.54) is 10.1 Å². The van der Waals surface area contributed by atoms with Crippen LogP contribution in [0.15, 0.2) is 36.5 Å². The molecule has 0 radical (unpaired) electrons. The Labute approximate surface area is 190 Å². The number of hydrogen-bond donors (Lipinski definition) is 1. The Morgan fingerprint density at radius 1 is 1.24 bits per heavy atom. The molecule has 4 aromatic rings. The molecular formula is C25H26N4O4. The number of benzene rings is 2. The fraction of sp³-hybridized carbons (Fsp3) is 0.360. The van der Waals surface area contributed by atoms with Crippen molar-refractivity contribution in [3.05, 3.63) is 58.8 Å². The topological polar surface area (TPSA) is 99.2 Å². The number of fused-ring (bicyclic) bond motifs is 2. The summed E-state index contributed by atoms with van der Waals surface area (Å²) in [5.41, 5.74) is 6.54. The van der Waals surface area contributed by atoms with E-state index in [1.807, 2.05) is 36.9 Å². The molecule has 1 fully saturated rings. The maximum Gasteiger partial charge on any atom is 0.415 e. The molecule has 0 saturated heterocycles. The molecule has 1 unspecified atom stereocenters. The molecule has 170 valence electrons. The summed E-state index contributed by atoms with van der Waals surface area (Å²) in [5.74, 6) is -0.114. The van der Waals surface area contributed by atoms with Crippen molar-refractivity contribution in [3.8, 4) is 0 Å². The van der Waals surface area contributed by atoms with Crippen molar-refractivity contribution in [3.63, 3.8) is 0 Å². The number of carbonyl (C=O) groups excluding carboxylic acids is 1. The summed E-state index contributed by atoms with van der Waals surface area (Å²) in [6, 6.07) is 9.71. The van der Waals surface area contributed by atoms with Gasteiger partial charge in [0.25, 0.3) is 0 Å². The third-order valence-corrected chi connectivity index (χ3v) is 6.59. The molecule has 0 spiro atoms. The predicted molar refractivity (Wildman–Crippen MR) is 124 cm³/mol. The van der Waals surface area contributed by atoms with E-state index in [0.717, 1.165) is 46.0 Å². The Hall–Kier alpha value is -3.68. The Morgan fingerprint density at radius 3 is 2.73 bits per heavy atom. The van der Waals surface area contributed by atoms with Gasteiger partial charge in [-0.05, 0) is 67.0 Å². The van der Waals surface area contributed by atoms with Gasteiger partial charge in [-0.25, -0.2) is 9.48 Å². The standard InChI is InChI=1S/C25H26N4O4/c1-4-33-22(30)13-19(17-8-7-16-9-10-29(25(31)32)21(16)11-17)18-12-20(15-5-6-15)24-23(14(18)2)26-27-28(24)3/h7-12,15,19H,4-6,13H2,1-3H3,(H,31,32). The number of hydrogen-bond acceptors (Lipinski definition) is 5. The molecule has 1 aliphatic rings. The van der Waals surface area contributed by atoms with Crippen molar-refractivity contribution >= 4 is 34.0 Å². The van der Waals surface area contributed by atoms with Crippen molar-refractivity contribution in [1.82, 2.24) is 19.6 Å². The molecule has 0 amide bonds. The second kappa shape index (κ2) is 8.03. The highest BCUT2D eigenvalue weighted by Gasteiger charge is 2.31. The van der Waals surface area contributed by atoms with Gasteiger partial charge in [-0.15, -0.1) is 5.10 Å². The first-order chi connectivity index (χ1) is 15.9. The Morgan fingerprint density at radius 2 is 2.03 bits per heavy atom. The van der Waals surface area contributed by atoms with E-state index in [1.54, 1.807) is 19.2 Å². The molecule has 0 bridgehead atoms. The third-order valence-electron chi connectivity index (χ3n) is 6.59. The summed E-state index contributed by atoms with van der Waals surface area (Å²) in [6.07, 6.45) is 2.91. The number of esters is 1. The quantitative estimate of drug-likeness (QED) is 0.430. The Bertz CT molecular complexity index is 1400. The number of carbonyl (C=O) groups is 2. The van der Waals surface area contributed by atoms with Crippen LogP contribution in [-0.2, 0) is 16.6 Å². The van der Waals surface area contributed by atoms with Crippen LogP contribution in [-0.4, -0.2) is 43.3 Å². The van der Waals surface area contributed by atoms with E-state index in [0.29, 0.717) is 18.0 Å². The second-order valence-electron chi connectivity index (χ2n) is 8.71. The zero-order valence-corrected chi connectivity index (χ0v) is 18.9. The summed E-state index contributed by atoms with van der Waals surface area (Å²) in [4.78, 5) is 24.3. The van der Waals surface area contributed by atoms with Crippen LogP contribution in [0.2, 0.25) is 0 Å². The molecule has 1 aliphatic carbocycles. The van der Waals surface area contributed by atoms with Gasteiger partial charge in [-0.1, -0.05) is 23.4 Å². The van der Waals surface area contributed by atoms with Crippen molar-refractivity contribution in [2.75, 3.05) is 6.61 Å². The van der Waals surface area contributed by atoms with E-state index in [-0.39, 0.29) is 18.3 Å². The highest BCUT2D eigenvalue weighted by atomic mass is 16.5. The average Bonchev–Trinajstić information content (AvgIpc) is 3.42. The fourth-order valence-electron chi connectivity index (χ4n) is 4.80. The molecular weight excluding hydrogens is 420 g/mol. The van der Waals surface area contributed by atoms with E-state index in [2.05, 4.69) is 16.4 Å². The van der Waals surface area contributed by atoms with Crippen LogP contribution in [0.25, 0.3) is 21.9 Å². The molecule has 8 nitrogen and oxygen atoms in total. The third kappa shape index (κ3) is 3.65. The van der Waals surface area contributed by atoms with E-state index < -0.39 is 6.09 Å². The van der Waals surface area contributed by atoms with E-state index >= 15 is 0 Å². The highest BCUT2D eigenvalue weighted by Crippen LogP contribution is 2.46. The number of aryl methyl sites for hydroxylation is 2. The van der Waals surface area contributed by atoms with Crippen molar-refractivity contribution in [2.45, 2.75) is 44.9 Å². The summed E-state index contributed by atoms with van der Waals surface area (Å²) < 4.78 is 8.33. The average molecular weight is 447 g/mol. The maximum absolute atomic E-state index is 12.6. The van der Waals surface area contributed by atoms with Crippen LogP contribution in [0.3, 0.4) is 0 Å². The molecule has 8 heteroatoms. The van der Waals surface area contributed by atoms with Crippen LogP contribution in [0.4, 0.5) is 4.79 Å². The van der Waals surface area contributed by atoms with Crippen LogP contribution in [0, 0.1) is 6.92 Å². The van der Waals surface area contributed by atoms with Gasteiger partial charge in [0.15, 0.2) is 0 Å². The van der Waals surface area contributed by atoms with Gasteiger partial charge < -0.3 is 9.84 Å². The smallest absolute Gasteiger partial charge is 0.415 e. The summed E-state index contributed by atoms with van der Waals surface area (Å²) in [7, 11) is 1.91. The first kappa shape index (κ1) is 21.2. The highest BCUT2D eigenvalue weighted by molar-refractivity contribution is 5.90. The summed E-state index contributed by atoms with van der Waals surface area (Å²) in [6.45, 7) is 4.11. The maximum atomic E-state index is 12.6. The molecule has 0 aliphatic heterocycles. The molecule has 2 heterocycles. The van der Waals surface area contributed by atoms with Gasteiger partial charge in [0.1, 0.15) is 5.52 Å². The van der Waals surface area contributed by atoms with E-state index in [4.69, 9.17) is 4.74 Å². The lowest BCUT2D eigenvalue weighted by molar-refractivity contribution is -0.143. The first-order valence-electron chi connectivity index (χ1n) is 11.2. The van der Waals surface area contributed by atoms with Gasteiger partial charge >= 0.3 is 12.1 Å². The SMILES string of the molecule is CCOC(=O)CC(c1ccc2ccn(C(=O)O)c2c1)c1cc(C2CC2)c2c(nnn2C)c1C. The largest absolute Gasteiger partial charge is 0.466 e. The molecule has 1 atom stereocenters. The summed E-state index contributed by atoms with van der Waals surface area (Å²) in [5, 5.41) is 19.1. The van der Waals surface area contributed by atoms with Gasteiger partial charge in [-0.2, -0.15) is 0 Å². The van der Waals surface area contributed by atoms with Gasteiger partial charge in [0, 0.05) is 24.5 Å². The minimum atomic E-state index is -1.04. The molecule has 2 aromatic heterocycles. The van der Waals surface area contributed by atoms with Crippen LogP contribution in [0.5, 0.6) is 0 Å². The Kier molecular flexibility index (Phi) is 5.15. The molecule has 2 aromatic carbocycles. The molecule has 1 saturated carbocycles. The normalized spacial score (nSPS) is 14.6. The van der Waals surface area contributed by atoms with E-state index in [9.17, 15) is 14.7 Å². The fourth-order valence-corrected chi connectivity index (χ4v) is 4.80. The van der Waals surface area contributed by atoms with Gasteiger partial charge in [-0.3, -0.25) is 9.36 Å². The number of carboxylic acid groups (broad SMARTS) is 1. The lowest BCUT2D eigenvalue weighted by Gasteiger charge is -2.21. The molecule has 33 heavy (non-hydrogen) atoms. The first-order valence-corrected chi connectivity index (χ1v) is 11.2. The van der Waals surface area contributed by atoms with Crippen molar-refractivity contribution < 1.29 is 19.4 Å². The van der Waals surface area contributed by atoms with Gasteiger partial charge in [0.2, 0.25) is 0 Å². The number of ether oxygens (including phenoxy) is 1. The molecule has 5 rings (SSSR count). The lowest BCUT2D eigenvalue weighted by Crippen LogP contribution is -2.14. The second-order valence-corrected chi connectivity index (χ2v) is 8.71. The number of aromatic nitrogens is 4. The number of rotatable bonds is 6. The van der Waals surface area contributed by atoms with Crippen LogP contribution in [0.1, 0.15) is 60.3 Å². The minimum Gasteiger partial charge on any atom is -0.466 e. The summed E-state index contributed by atoms with van der Waals surface area (Å²) >= 11 is 0. The monoisotopic (exact) mass is 446 g/mol.